The number of hydrogen-bond acceptors (Lipinski definition) is 5. The van der Waals surface area contributed by atoms with Gasteiger partial charge in [0.1, 0.15) is 5.76 Å². The average Bonchev–Trinajstić information content (AvgIpc) is 3.20. The molecule has 0 saturated carbocycles. The maximum atomic E-state index is 12.2. The topological polar surface area (TPSA) is 67.6 Å². The maximum Gasteiger partial charge on any atom is 0.273 e. The highest BCUT2D eigenvalue weighted by Gasteiger charge is 2.38. The Morgan fingerprint density at radius 2 is 2.12 bits per heavy atom. The van der Waals surface area contributed by atoms with Crippen molar-refractivity contribution in [3.8, 4) is 0 Å². The normalized spacial score (nSPS) is 27.0. The second-order valence-electron chi connectivity index (χ2n) is 6.57. The molecule has 1 aromatic carbocycles. The molecule has 126 valence electrons. The molecule has 2 saturated heterocycles. The molecular weight excluding hydrogens is 306 g/mol. The van der Waals surface area contributed by atoms with Crippen LogP contribution in [0.3, 0.4) is 0 Å². The molecule has 2 aromatic rings. The number of amides is 1. The first-order valence-electron chi connectivity index (χ1n) is 8.34. The third-order valence-electron chi connectivity index (χ3n) is 4.79. The summed E-state index contributed by atoms with van der Waals surface area (Å²) in [5.41, 5.74) is 1.55. The third-order valence-corrected chi connectivity index (χ3v) is 4.79. The van der Waals surface area contributed by atoms with Crippen molar-refractivity contribution in [1.82, 2.24) is 15.4 Å². The monoisotopic (exact) mass is 327 g/mol. The van der Waals surface area contributed by atoms with Gasteiger partial charge >= 0.3 is 0 Å². The maximum absolute atomic E-state index is 12.2. The average molecular weight is 327 g/mol. The summed E-state index contributed by atoms with van der Waals surface area (Å²) in [6, 6.07) is 12.5. The zero-order valence-electron chi connectivity index (χ0n) is 13.6. The van der Waals surface area contributed by atoms with Gasteiger partial charge in [-0.15, -0.1) is 0 Å². The number of carbonyl (C=O) groups is 1. The Bertz CT molecular complexity index is 715. The van der Waals surface area contributed by atoms with Crippen LogP contribution in [0, 0.1) is 6.92 Å². The van der Waals surface area contributed by atoms with Crippen molar-refractivity contribution in [2.24, 2.45) is 0 Å². The van der Waals surface area contributed by atoms with E-state index in [1.165, 1.54) is 5.56 Å². The minimum atomic E-state index is -0.169. The van der Waals surface area contributed by atoms with Crippen molar-refractivity contribution >= 4 is 5.91 Å². The van der Waals surface area contributed by atoms with E-state index in [0.29, 0.717) is 24.1 Å². The summed E-state index contributed by atoms with van der Waals surface area (Å²) in [4.78, 5) is 14.6. The van der Waals surface area contributed by atoms with Gasteiger partial charge in [-0.1, -0.05) is 35.5 Å². The number of nitrogens with zero attached hydrogens (tertiary/aromatic N) is 2. The first-order valence-corrected chi connectivity index (χ1v) is 8.34. The highest BCUT2D eigenvalue weighted by atomic mass is 16.5. The third kappa shape index (κ3) is 3.07. The number of ether oxygens (including phenoxy) is 1. The standard InChI is InChI=1S/C18H21N3O3/c1-12-7-16(20-24-12)18(22)19-14-8-15-11-23-17(10-21(15)9-14)13-5-3-2-4-6-13/h2-7,14-15,17H,8-11H2,1H3,(H,19,22)/t14-,15+,17-/m1/s1. The molecule has 6 nitrogen and oxygen atoms in total. The lowest BCUT2D eigenvalue weighted by Gasteiger charge is -2.35. The molecule has 0 radical (unpaired) electrons. The molecular formula is C18H21N3O3. The highest BCUT2D eigenvalue weighted by molar-refractivity contribution is 5.92. The van der Waals surface area contributed by atoms with Crippen LogP contribution >= 0.6 is 0 Å². The number of morpholine rings is 1. The van der Waals surface area contributed by atoms with Crippen LogP contribution in [0.4, 0.5) is 0 Å². The Hall–Kier alpha value is -2.18. The zero-order valence-corrected chi connectivity index (χ0v) is 13.6. The van der Waals surface area contributed by atoms with Gasteiger partial charge in [-0.25, -0.2) is 0 Å². The number of rotatable bonds is 3. The predicted molar refractivity (Wildman–Crippen MR) is 87.6 cm³/mol. The van der Waals surface area contributed by atoms with Crippen LogP contribution in [0.25, 0.3) is 0 Å². The van der Waals surface area contributed by atoms with Gasteiger partial charge in [0.2, 0.25) is 0 Å². The number of aromatic nitrogens is 1. The van der Waals surface area contributed by atoms with Gasteiger partial charge < -0.3 is 14.6 Å². The Morgan fingerprint density at radius 1 is 1.29 bits per heavy atom. The molecule has 0 unspecified atom stereocenters. The van der Waals surface area contributed by atoms with Gasteiger partial charge in [0.05, 0.1) is 12.7 Å². The summed E-state index contributed by atoms with van der Waals surface area (Å²) < 4.78 is 11.0. The largest absolute Gasteiger partial charge is 0.371 e. The molecule has 2 aliphatic rings. The number of carbonyl (C=O) groups excluding carboxylic acids is 1. The fourth-order valence-corrected chi connectivity index (χ4v) is 3.58. The van der Waals surface area contributed by atoms with Crippen LogP contribution in [0.5, 0.6) is 0 Å². The van der Waals surface area contributed by atoms with Crippen molar-refractivity contribution in [2.75, 3.05) is 19.7 Å². The summed E-state index contributed by atoms with van der Waals surface area (Å²) in [6.07, 6.45) is 1.01. The fourth-order valence-electron chi connectivity index (χ4n) is 3.58. The molecule has 6 heteroatoms. The van der Waals surface area contributed by atoms with E-state index in [1.807, 2.05) is 18.2 Å². The van der Waals surface area contributed by atoms with Crippen LogP contribution < -0.4 is 5.32 Å². The number of aryl methyl sites for hydroxylation is 1. The first kappa shape index (κ1) is 15.4. The van der Waals surface area contributed by atoms with E-state index in [2.05, 4.69) is 27.5 Å². The molecule has 0 bridgehead atoms. The Labute approximate surface area is 140 Å². The van der Waals surface area contributed by atoms with E-state index in [1.54, 1.807) is 13.0 Å². The van der Waals surface area contributed by atoms with E-state index >= 15 is 0 Å². The smallest absolute Gasteiger partial charge is 0.273 e. The van der Waals surface area contributed by atoms with Gasteiger partial charge in [0, 0.05) is 31.2 Å². The summed E-state index contributed by atoms with van der Waals surface area (Å²) in [6.45, 7) is 4.19. The molecule has 3 atom stereocenters. The lowest BCUT2D eigenvalue weighted by Crippen LogP contribution is -2.43. The highest BCUT2D eigenvalue weighted by Crippen LogP contribution is 2.30. The van der Waals surface area contributed by atoms with E-state index in [-0.39, 0.29) is 18.1 Å². The minimum Gasteiger partial charge on any atom is -0.371 e. The van der Waals surface area contributed by atoms with E-state index < -0.39 is 0 Å². The number of nitrogens with one attached hydrogen (secondary N) is 1. The molecule has 0 spiro atoms. The lowest BCUT2D eigenvalue weighted by atomic mass is 10.1. The Morgan fingerprint density at radius 3 is 2.88 bits per heavy atom. The van der Waals surface area contributed by atoms with Crippen molar-refractivity contribution < 1.29 is 14.1 Å². The number of fused-ring (bicyclic) bond motifs is 1. The molecule has 3 heterocycles. The van der Waals surface area contributed by atoms with Crippen LogP contribution in [0.1, 0.15) is 34.3 Å². The van der Waals surface area contributed by atoms with Crippen LogP contribution in [0.15, 0.2) is 40.9 Å². The van der Waals surface area contributed by atoms with Gasteiger partial charge in [-0.2, -0.15) is 0 Å². The molecule has 4 rings (SSSR count). The van der Waals surface area contributed by atoms with Crippen LogP contribution in [0.2, 0.25) is 0 Å². The molecule has 1 aromatic heterocycles. The molecule has 2 fully saturated rings. The van der Waals surface area contributed by atoms with E-state index in [9.17, 15) is 4.79 Å². The zero-order chi connectivity index (χ0) is 16.5. The van der Waals surface area contributed by atoms with Crippen LogP contribution in [-0.4, -0.2) is 47.7 Å². The van der Waals surface area contributed by atoms with Crippen molar-refractivity contribution in [1.29, 1.82) is 0 Å². The van der Waals surface area contributed by atoms with Crippen molar-refractivity contribution in [3.63, 3.8) is 0 Å². The van der Waals surface area contributed by atoms with Crippen LogP contribution in [-0.2, 0) is 4.74 Å². The Kier molecular flexibility index (Phi) is 4.08. The van der Waals surface area contributed by atoms with Crippen molar-refractivity contribution in [3.05, 3.63) is 53.4 Å². The number of hydrogen-bond donors (Lipinski definition) is 1. The fraction of sp³-hybridized carbons (Fsp3) is 0.444. The summed E-state index contributed by atoms with van der Waals surface area (Å²) >= 11 is 0. The van der Waals surface area contributed by atoms with Gasteiger partial charge in [0.15, 0.2) is 5.69 Å². The van der Waals surface area contributed by atoms with Gasteiger partial charge in [0.25, 0.3) is 5.91 Å². The summed E-state index contributed by atoms with van der Waals surface area (Å²) in [5, 5.41) is 6.84. The SMILES string of the molecule is Cc1cc(C(=O)N[C@@H]2C[C@H]3CO[C@@H](c4ccccc4)CN3C2)no1. The van der Waals surface area contributed by atoms with E-state index in [0.717, 1.165) is 19.5 Å². The second-order valence-corrected chi connectivity index (χ2v) is 6.57. The molecule has 1 N–H and O–H groups in total. The first-order chi connectivity index (χ1) is 11.7. The summed E-state index contributed by atoms with van der Waals surface area (Å²) in [5.74, 6) is 0.473. The number of benzene rings is 1. The van der Waals surface area contributed by atoms with Gasteiger partial charge in [-0.3, -0.25) is 9.69 Å². The predicted octanol–water partition coefficient (Wildman–Crippen LogP) is 1.93. The molecule has 0 aliphatic carbocycles. The Balaban J connectivity index is 1.37. The minimum absolute atomic E-state index is 0.107. The lowest BCUT2D eigenvalue weighted by molar-refractivity contribution is -0.0502. The van der Waals surface area contributed by atoms with Crippen molar-refractivity contribution in [2.45, 2.75) is 31.5 Å². The molecule has 2 aliphatic heterocycles. The molecule has 24 heavy (non-hydrogen) atoms. The van der Waals surface area contributed by atoms with Gasteiger partial charge in [-0.05, 0) is 18.9 Å². The molecule has 1 amide bonds. The quantitative estimate of drug-likeness (QED) is 0.933. The summed E-state index contributed by atoms with van der Waals surface area (Å²) in [7, 11) is 0. The van der Waals surface area contributed by atoms with E-state index in [4.69, 9.17) is 9.26 Å². The second kappa shape index (κ2) is 6.37.